The Morgan fingerprint density at radius 1 is 1.14 bits per heavy atom. The van der Waals surface area contributed by atoms with Crippen LogP contribution in [-0.2, 0) is 16.7 Å². The third kappa shape index (κ3) is 6.49. The summed E-state index contributed by atoms with van der Waals surface area (Å²) in [5, 5.41) is 7.62. The van der Waals surface area contributed by atoms with Crippen molar-refractivity contribution in [2.24, 2.45) is 4.99 Å². The Kier molecular flexibility index (Phi) is 9.52. The van der Waals surface area contributed by atoms with Gasteiger partial charge in [0.25, 0.3) is 0 Å². The number of methoxy groups -OCH3 is 1. The first kappa shape index (κ1) is 23.8. The van der Waals surface area contributed by atoms with Gasteiger partial charge in [-0.25, -0.2) is 0 Å². The number of hydrogen-bond acceptors (Lipinski definition) is 3. The molecule has 0 saturated carbocycles. The molecule has 2 aromatic carbocycles. The smallest absolute Gasteiger partial charge is 0.191 e. The minimum absolute atomic E-state index is 0. The lowest BCUT2D eigenvalue weighted by molar-refractivity contribution is 0.0513. The molecule has 1 heterocycles. The standard InChI is InChI=1S/C22H28ClN3O2.HI/c1-24-21(25-15-17-4-3-5-19(23)14-17)26-16-22(10-12-28-13-11-22)18-6-8-20(27-2)9-7-18;/h3-9,14H,10-13,15-16H2,1-2H3,(H2,24,25,26);1H. The fourth-order valence-corrected chi connectivity index (χ4v) is 3.79. The first-order valence-electron chi connectivity index (χ1n) is 9.56. The van der Waals surface area contributed by atoms with Gasteiger partial charge in [-0.3, -0.25) is 4.99 Å². The van der Waals surface area contributed by atoms with Crippen LogP contribution in [0.5, 0.6) is 5.75 Å². The molecule has 0 radical (unpaired) electrons. The van der Waals surface area contributed by atoms with E-state index in [0.717, 1.165) is 54.9 Å². The van der Waals surface area contributed by atoms with Gasteiger partial charge in [0.1, 0.15) is 5.75 Å². The molecule has 158 valence electrons. The predicted molar refractivity (Wildman–Crippen MR) is 130 cm³/mol. The van der Waals surface area contributed by atoms with Crippen LogP contribution in [0.3, 0.4) is 0 Å². The SMILES string of the molecule is CN=C(NCc1cccc(Cl)c1)NCC1(c2ccc(OC)cc2)CCOCC1.I. The van der Waals surface area contributed by atoms with E-state index in [1.165, 1.54) is 5.56 Å². The maximum absolute atomic E-state index is 6.07. The number of aliphatic imine (C=N–C) groups is 1. The van der Waals surface area contributed by atoms with Gasteiger partial charge >= 0.3 is 0 Å². The molecule has 5 nitrogen and oxygen atoms in total. The number of rotatable bonds is 6. The van der Waals surface area contributed by atoms with Gasteiger partial charge in [-0.05, 0) is 48.2 Å². The molecule has 0 bridgehead atoms. The molecular weight excluding hydrogens is 501 g/mol. The molecule has 0 amide bonds. The number of guanidine groups is 1. The Hall–Kier alpha value is -1.51. The predicted octanol–water partition coefficient (Wildman–Crippen LogP) is 4.38. The third-order valence-electron chi connectivity index (χ3n) is 5.32. The van der Waals surface area contributed by atoms with Gasteiger partial charge in [-0.1, -0.05) is 35.9 Å². The van der Waals surface area contributed by atoms with E-state index in [0.29, 0.717) is 6.54 Å². The molecule has 3 rings (SSSR count). The lowest BCUT2D eigenvalue weighted by atomic mass is 9.74. The number of nitrogens with one attached hydrogen (secondary N) is 2. The molecule has 0 aromatic heterocycles. The van der Waals surface area contributed by atoms with E-state index in [1.54, 1.807) is 14.2 Å². The van der Waals surface area contributed by atoms with E-state index >= 15 is 0 Å². The number of hydrogen-bond donors (Lipinski definition) is 2. The zero-order chi connectivity index (χ0) is 19.8. The largest absolute Gasteiger partial charge is 0.497 e. The minimum Gasteiger partial charge on any atom is -0.497 e. The van der Waals surface area contributed by atoms with E-state index in [-0.39, 0.29) is 29.4 Å². The molecule has 2 N–H and O–H groups in total. The van der Waals surface area contributed by atoms with Crippen molar-refractivity contribution in [1.82, 2.24) is 10.6 Å². The Balaban J connectivity index is 0.00000300. The zero-order valence-corrected chi connectivity index (χ0v) is 20.0. The van der Waals surface area contributed by atoms with E-state index in [1.807, 2.05) is 36.4 Å². The number of nitrogens with zero attached hydrogens (tertiary/aromatic N) is 1. The molecular formula is C22H29ClIN3O2. The summed E-state index contributed by atoms with van der Waals surface area (Å²) in [5.41, 5.74) is 2.43. The highest BCUT2D eigenvalue weighted by molar-refractivity contribution is 14.0. The van der Waals surface area contributed by atoms with Crippen molar-refractivity contribution >= 4 is 41.5 Å². The van der Waals surface area contributed by atoms with Crippen LogP contribution in [0.1, 0.15) is 24.0 Å². The van der Waals surface area contributed by atoms with Crippen molar-refractivity contribution < 1.29 is 9.47 Å². The Morgan fingerprint density at radius 2 is 1.86 bits per heavy atom. The van der Waals surface area contributed by atoms with Crippen LogP contribution in [0.4, 0.5) is 0 Å². The maximum atomic E-state index is 6.07. The maximum Gasteiger partial charge on any atom is 0.191 e. The number of ether oxygens (including phenoxy) is 2. The normalized spacial score (nSPS) is 15.9. The number of benzene rings is 2. The zero-order valence-electron chi connectivity index (χ0n) is 16.9. The fourth-order valence-electron chi connectivity index (χ4n) is 3.58. The summed E-state index contributed by atoms with van der Waals surface area (Å²) >= 11 is 6.07. The van der Waals surface area contributed by atoms with Gasteiger partial charge in [-0.2, -0.15) is 0 Å². The van der Waals surface area contributed by atoms with Crippen LogP contribution in [0, 0.1) is 0 Å². The molecule has 0 atom stereocenters. The molecule has 1 aliphatic heterocycles. The molecule has 2 aromatic rings. The summed E-state index contributed by atoms with van der Waals surface area (Å²) < 4.78 is 10.9. The second kappa shape index (κ2) is 11.6. The Bertz CT molecular complexity index is 793. The monoisotopic (exact) mass is 529 g/mol. The van der Waals surface area contributed by atoms with Crippen molar-refractivity contribution in [2.75, 3.05) is 33.9 Å². The van der Waals surface area contributed by atoms with Gasteiger partial charge in [-0.15, -0.1) is 24.0 Å². The van der Waals surface area contributed by atoms with Crippen LogP contribution in [0.25, 0.3) is 0 Å². The van der Waals surface area contributed by atoms with Gasteiger partial charge in [0.2, 0.25) is 0 Å². The Labute approximate surface area is 195 Å². The molecule has 0 aliphatic carbocycles. The van der Waals surface area contributed by atoms with Crippen molar-refractivity contribution in [1.29, 1.82) is 0 Å². The topological polar surface area (TPSA) is 54.9 Å². The fraction of sp³-hybridized carbons (Fsp3) is 0.409. The first-order valence-corrected chi connectivity index (χ1v) is 9.94. The average molecular weight is 530 g/mol. The van der Waals surface area contributed by atoms with Crippen molar-refractivity contribution in [2.45, 2.75) is 24.8 Å². The van der Waals surface area contributed by atoms with Gasteiger partial charge in [0.15, 0.2) is 5.96 Å². The summed E-state index contributed by atoms with van der Waals surface area (Å²) in [5.74, 6) is 1.65. The summed E-state index contributed by atoms with van der Waals surface area (Å²) in [6, 6.07) is 16.2. The van der Waals surface area contributed by atoms with Crippen molar-refractivity contribution in [3.8, 4) is 5.75 Å². The van der Waals surface area contributed by atoms with Crippen LogP contribution in [0.2, 0.25) is 5.02 Å². The second-order valence-corrected chi connectivity index (χ2v) is 7.47. The molecule has 1 saturated heterocycles. The van der Waals surface area contributed by atoms with E-state index in [4.69, 9.17) is 21.1 Å². The molecule has 0 spiro atoms. The second-order valence-electron chi connectivity index (χ2n) is 7.03. The van der Waals surface area contributed by atoms with E-state index in [2.05, 4.69) is 27.8 Å². The van der Waals surface area contributed by atoms with E-state index < -0.39 is 0 Å². The molecule has 29 heavy (non-hydrogen) atoms. The quantitative estimate of drug-likeness (QED) is 0.331. The van der Waals surface area contributed by atoms with Gasteiger partial charge in [0.05, 0.1) is 7.11 Å². The summed E-state index contributed by atoms with van der Waals surface area (Å²) in [7, 11) is 3.48. The lowest BCUT2D eigenvalue weighted by Crippen LogP contribution is -2.47. The molecule has 1 aliphatic rings. The average Bonchev–Trinajstić information content (AvgIpc) is 2.74. The summed E-state index contributed by atoms with van der Waals surface area (Å²) in [6.07, 6.45) is 1.94. The summed E-state index contributed by atoms with van der Waals surface area (Å²) in [4.78, 5) is 4.37. The Morgan fingerprint density at radius 3 is 2.48 bits per heavy atom. The molecule has 0 unspecified atom stereocenters. The first-order chi connectivity index (χ1) is 13.6. The molecule has 1 fully saturated rings. The third-order valence-corrected chi connectivity index (χ3v) is 5.55. The van der Waals surface area contributed by atoms with Crippen LogP contribution in [-0.4, -0.2) is 39.9 Å². The highest BCUT2D eigenvalue weighted by Crippen LogP contribution is 2.35. The highest BCUT2D eigenvalue weighted by atomic mass is 127. The van der Waals surface area contributed by atoms with Crippen LogP contribution in [0.15, 0.2) is 53.5 Å². The summed E-state index contributed by atoms with van der Waals surface area (Å²) in [6.45, 7) is 2.99. The van der Waals surface area contributed by atoms with Crippen molar-refractivity contribution in [3.63, 3.8) is 0 Å². The lowest BCUT2D eigenvalue weighted by Gasteiger charge is -2.38. The molecule has 7 heteroatoms. The minimum atomic E-state index is 0. The van der Waals surface area contributed by atoms with Crippen molar-refractivity contribution in [3.05, 3.63) is 64.7 Å². The van der Waals surface area contributed by atoms with Crippen LogP contribution >= 0.6 is 35.6 Å². The van der Waals surface area contributed by atoms with Crippen LogP contribution < -0.4 is 15.4 Å². The highest BCUT2D eigenvalue weighted by Gasteiger charge is 2.34. The van der Waals surface area contributed by atoms with E-state index in [9.17, 15) is 0 Å². The number of halogens is 2. The van der Waals surface area contributed by atoms with Gasteiger partial charge in [0, 0.05) is 43.8 Å². The van der Waals surface area contributed by atoms with Gasteiger partial charge < -0.3 is 20.1 Å².